The van der Waals surface area contributed by atoms with Crippen LogP contribution in [-0.2, 0) is 11.3 Å². The van der Waals surface area contributed by atoms with Crippen LogP contribution in [0, 0.1) is 5.92 Å². The van der Waals surface area contributed by atoms with E-state index in [0.29, 0.717) is 12.5 Å². The molecule has 0 saturated carbocycles. The van der Waals surface area contributed by atoms with E-state index in [1.165, 1.54) is 0 Å². The number of ether oxygens (including phenoxy) is 3. The SMILES string of the molecule is CN=C(NCc1ccc(OC)cc1OC)N1CCC(COC)C1. The lowest BCUT2D eigenvalue weighted by Gasteiger charge is -2.22. The smallest absolute Gasteiger partial charge is 0.193 e. The van der Waals surface area contributed by atoms with Crippen molar-refractivity contribution in [3.63, 3.8) is 0 Å². The third kappa shape index (κ3) is 4.51. The van der Waals surface area contributed by atoms with E-state index in [0.717, 1.165) is 49.1 Å². The first-order valence-electron chi connectivity index (χ1n) is 7.87. The van der Waals surface area contributed by atoms with Crippen LogP contribution in [0.5, 0.6) is 11.5 Å². The number of hydrogen-bond donors (Lipinski definition) is 1. The van der Waals surface area contributed by atoms with Crippen molar-refractivity contribution in [2.45, 2.75) is 13.0 Å². The van der Waals surface area contributed by atoms with Crippen molar-refractivity contribution in [2.75, 3.05) is 48.1 Å². The van der Waals surface area contributed by atoms with Crippen LogP contribution in [0.2, 0.25) is 0 Å². The van der Waals surface area contributed by atoms with Gasteiger partial charge in [0.2, 0.25) is 0 Å². The fraction of sp³-hybridized carbons (Fsp3) is 0.588. The minimum Gasteiger partial charge on any atom is -0.497 e. The van der Waals surface area contributed by atoms with Gasteiger partial charge < -0.3 is 24.4 Å². The topological polar surface area (TPSA) is 55.3 Å². The van der Waals surface area contributed by atoms with Crippen LogP contribution in [-0.4, -0.2) is 58.9 Å². The average Bonchev–Trinajstić information content (AvgIpc) is 3.04. The van der Waals surface area contributed by atoms with Gasteiger partial charge >= 0.3 is 0 Å². The number of guanidine groups is 1. The summed E-state index contributed by atoms with van der Waals surface area (Å²) in [6.45, 7) is 3.45. The lowest BCUT2D eigenvalue weighted by Crippen LogP contribution is -2.39. The van der Waals surface area contributed by atoms with Crippen molar-refractivity contribution >= 4 is 5.96 Å². The van der Waals surface area contributed by atoms with E-state index >= 15 is 0 Å². The van der Waals surface area contributed by atoms with E-state index in [1.807, 2.05) is 25.2 Å². The minimum absolute atomic E-state index is 0.578. The maximum absolute atomic E-state index is 5.44. The molecule has 1 aromatic carbocycles. The molecular formula is C17H27N3O3. The maximum Gasteiger partial charge on any atom is 0.193 e. The number of benzene rings is 1. The van der Waals surface area contributed by atoms with Gasteiger partial charge in [0.1, 0.15) is 11.5 Å². The highest BCUT2D eigenvalue weighted by atomic mass is 16.5. The van der Waals surface area contributed by atoms with Gasteiger partial charge in [-0.15, -0.1) is 0 Å². The molecule has 1 aliphatic heterocycles. The second-order valence-electron chi connectivity index (χ2n) is 5.63. The number of likely N-dealkylation sites (tertiary alicyclic amines) is 1. The molecule has 2 rings (SSSR count). The summed E-state index contributed by atoms with van der Waals surface area (Å²) in [4.78, 5) is 6.67. The summed E-state index contributed by atoms with van der Waals surface area (Å²) in [5.74, 6) is 3.10. The van der Waals surface area contributed by atoms with Gasteiger partial charge in [-0.1, -0.05) is 0 Å². The molecule has 0 aliphatic carbocycles. The molecule has 1 fully saturated rings. The van der Waals surface area contributed by atoms with Crippen molar-refractivity contribution in [2.24, 2.45) is 10.9 Å². The molecule has 6 nitrogen and oxygen atoms in total. The molecule has 0 bridgehead atoms. The first kappa shape index (κ1) is 17.4. The lowest BCUT2D eigenvalue weighted by molar-refractivity contribution is 0.157. The monoisotopic (exact) mass is 321 g/mol. The fourth-order valence-electron chi connectivity index (χ4n) is 2.90. The second kappa shape index (κ2) is 8.62. The molecule has 1 N–H and O–H groups in total. The Morgan fingerprint density at radius 2 is 2.13 bits per heavy atom. The van der Waals surface area contributed by atoms with E-state index in [2.05, 4.69) is 15.2 Å². The Hall–Kier alpha value is -1.95. The first-order valence-corrected chi connectivity index (χ1v) is 7.87. The van der Waals surface area contributed by atoms with Crippen LogP contribution in [0.4, 0.5) is 0 Å². The molecule has 1 unspecified atom stereocenters. The van der Waals surface area contributed by atoms with E-state index in [-0.39, 0.29) is 0 Å². The quantitative estimate of drug-likeness (QED) is 0.639. The predicted octanol–water partition coefficient (Wildman–Crippen LogP) is 1.75. The van der Waals surface area contributed by atoms with Crippen molar-refractivity contribution < 1.29 is 14.2 Å². The highest BCUT2D eigenvalue weighted by molar-refractivity contribution is 5.80. The molecule has 6 heteroatoms. The molecule has 0 amide bonds. The van der Waals surface area contributed by atoms with Crippen LogP contribution >= 0.6 is 0 Å². The molecule has 23 heavy (non-hydrogen) atoms. The van der Waals surface area contributed by atoms with Gasteiger partial charge in [-0.05, 0) is 18.6 Å². The number of hydrogen-bond acceptors (Lipinski definition) is 4. The second-order valence-corrected chi connectivity index (χ2v) is 5.63. The van der Waals surface area contributed by atoms with Gasteiger partial charge in [-0.3, -0.25) is 4.99 Å². The summed E-state index contributed by atoms with van der Waals surface area (Å²) in [5, 5.41) is 3.42. The van der Waals surface area contributed by atoms with E-state index in [4.69, 9.17) is 14.2 Å². The van der Waals surface area contributed by atoms with Crippen LogP contribution in [0.3, 0.4) is 0 Å². The van der Waals surface area contributed by atoms with Gasteiger partial charge in [0.25, 0.3) is 0 Å². The van der Waals surface area contributed by atoms with Crippen LogP contribution in [0.25, 0.3) is 0 Å². The number of aliphatic imine (C=N–C) groups is 1. The zero-order chi connectivity index (χ0) is 16.7. The maximum atomic E-state index is 5.44. The minimum atomic E-state index is 0.578. The summed E-state index contributed by atoms with van der Waals surface area (Å²) in [5.41, 5.74) is 1.07. The average molecular weight is 321 g/mol. The Kier molecular flexibility index (Phi) is 6.52. The van der Waals surface area contributed by atoms with Crippen molar-refractivity contribution in [1.29, 1.82) is 0 Å². The molecule has 0 spiro atoms. The predicted molar refractivity (Wildman–Crippen MR) is 91.3 cm³/mol. The highest BCUT2D eigenvalue weighted by Gasteiger charge is 2.24. The van der Waals surface area contributed by atoms with Crippen molar-refractivity contribution in [1.82, 2.24) is 10.2 Å². The summed E-state index contributed by atoms with van der Waals surface area (Å²) in [6, 6.07) is 5.84. The summed E-state index contributed by atoms with van der Waals surface area (Å²) < 4.78 is 15.9. The third-order valence-corrected chi connectivity index (χ3v) is 4.13. The number of rotatable bonds is 6. The summed E-state index contributed by atoms with van der Waals surface area (Å²) >= 11 is 0. The zero-order valence-corrected chi connectivity index (χ0v) is 14.5. The zero-order valence-electron chi connectivity index (χ0n) is 14.5. The van der Waals surface area contributed by atoms with E-state index < -0.39 is 0 Å². The largest absolute Gasteiger partial charge is 0.497 e. The lowest BCUT2D eigenvalue weighted by atomic mass is 10.1. The molecular weight excluding hydrogens is 294 g/mol. The Morgan fingerprint density at radius 1 is 1.30 bits per heavy atom. The third-order valence-electron chi connectivity index (χ3n) is 4.13. The number of methoxy groups -OCH3 is 3. The highest BCUT2D eigenvalue weighted by Crippen LogP contribution is 2.24. The van der Waals surface area contributed by atoms with Gasteiger partial charge in [0.15, 0.2) is 5.96 Å². The van der Waals surface area contributed by atoms with Crippen molar-refractivity contribution in [3.05, 3.63) is 23.8 Å². The fourth-order valence-corrected chi connectivity index (χ4v) is 2.90. The Morgan fingerprint density at radius 3 is 2.78 bits per heavy atom. The van der Waals surface area contributed by atoms with E-state index in [1.54, 1.807) is 21.3 Å². The van der Waals surface area contributed by atoms with Gasteiger partial charge in [0.05, 0.1) is 20.8 Å². The Labute approximate surface area is 138 Å². The van der Waals surface area contributed by atoms with Crippen LogP contribution < -0.4 is 14.8 Å². The number of nitrogens with one attached hydrogen (secondary N) is 1. The standard InChI is InChI=1S/C17H27N3O3/c1-18-17(20-8-7-13(11-20)12-21-2)19-10-14-5-6-15(22-3)9-16(14)23-4/h5-6,9,13H,7-8,10-12H2,1-4H3,(H,18,19). The van der Waals surface area contributed by atoms with E-state index in [9.17, 15) is 0 Å². The van der Waals surface area contributed by atoms with Crippen molar-refractivity contribution in [3.8, 4) is 11.5 Å². The summed E-state index contributed by atoms with van der Waals surface area (Å²) in [6.07, 6.45) is 1.14. The first-order chi connectivity index (χ1) is 11.2. The molecule has 1 heterocycles. The molecule has 128 valence electrons. The summed E-state index contributed by atoms with van der Waals surface area (Å²) in [7, 11) is 6.89. The van der Waals surface area contributed by atoms with Gasteiger partial charge in [0, 0.05) is 51.3 Å². The Bertz CT molecular complexity index is 534. The van der Waals surface area contributed by atoms with Crippen LogP contribution in [0.15, 0.2) is 23.2 Å². The van der Waals surface area contributed by atoms with Gasteiger partial charge in [-0.25, -0.2) is 0 Å². The molecule has 0 radical (unpaired) electrons. The molecule has 1 aliphatic rings. The Balaban J connectivity index is 1.96. The molecule has 1 atom stereocenters. The molecule has 0 aromatic heterocycles. The normalized spacial score (nSPS) is 18.2. The van der Waals surface area contributed by atoms with Gasteiger partial charge in [-0.2, -0.15) is 0 Å². The number of nitrogens with zero attached hydrogens (tertiary/aromatic N) is 2. The van der Waals surface area contributed by atoms with Crippen LogP contribution in [0.1, 0.15) is 12.0 Å². The molecule has 1 aromatic rings. The molecule has 1 saturated heterocycles.